The molecule has 0 aliphatic rings. The summed E-state index contributed by atoms with van der Waals surface area (Å²) in [7, 11) is 0. The molecule has 64 valence electrons. The third kappa shape index (κ3) is 28.5. The highest BCUT2D eigenvalue weighted by atomic mass is 16.4. The van der Waals surface area contributed by atoms with Gasteiger partial charge in [0.1, 0.15) is 6.09 Å². The first-order chi connectivity index (χ1) is 5.18. The van der Waals surface area contributed by atoms with E-state index in [-0.39, 0.29) is 0 Å². The van der Waals surface area contributed by atoms with Crippen LogP contribution in [0.2, 0.25) is 0 Å². The van der Waals surface area contributed by atoms with Crippen LogP contribution in [-0.4, -0.2) is 19.2 Å². The van der Waals surface area contributed by atoms with Crippen molar-refractivity contribution >= 4 is 6.09 Å². The molecule has 0 aromatic carbocycles. The average molecular weight is 159 g/mol. The second-order valence-corrected chi connectivity index (χ2v) is 1.58. The predicted molar refractivity (Wildman–Crippen MR) is 37.1 cm³/mol. The van der Waals surface area contributed by atoms with E-state index in [0.29, 0.717) is 13.0 Å². The number of quaternary nitrogens is 1. The van der Waals surface area contributed by atoms with Gasteiger partial charge in [-0.3, -0.25) is 0 Å². The Hall–Kier alpha value is -1.28. The minimum absolute atomic E-state index is 0.419. The molecule has 5 nitrogen and oxygen atoms in total. The van der Waals surface area contributed by atoms with E-state index in [1.807, 2.05) is 11.4 Å². The predicted octanol–water partition coefficient (Wildman–Crippen LogP) is -1.92. The van der Waals surface area contributed by atoms with E-state index in [1.165, 1.54) is 0 Å². The quantitative estimate of drug-likeness (QED) is 0.490. The average Bonchev–Trinajstić information content (AvgIpc) is 1.90. The molecule has 0 aromatic heterocycles. The van der Waals surface area contributed by atoms with E-state index in [1.54, 1.807) is 6.92 Å². The molecule has 1 amide bonds. The summed E-state index contributed by atoms with van der Waals surface area (Å²) in [6.45, 7) is 2.84. The molecule has 0 unspecified atom stereocenters. The lowest BCUT2D eigenvalue weighted by Gasteiger charge is -1.98. The molecular weight excluding hydrogens is 146 g/mol. The Morgan fingerprint density at radius 1 is 1.82 bits per heavy atom. The molecule has 0 bridgehead atoms. The molecule has 4 N–H and O–H groups in total. The molecule has 0 saturated heterocycles. The first-order valence-corrected chi connectivity index (χ1v) is 3.30. The summed E-state index contributed by atoms with van der Waals surface area (Å²) >= 11 is 0. The van der Waals surface area contributed by atoms with Gasteiger partial charge in [0, 0.05) is 6.54 Å². The van der Waals surface area contributed by atoms with Gasteiger partial charge in [0.15, 0.2) is 0 Å². The van der Waals surface area contributed by atoms with Crippen molar-refractivity contribution in [1.29, 1.82) is 5.26 Å². The zero-order chi connectivity index (χ0) is 9.11. The van der Waals surface area contributed by atoms with E-state index < -0.39 is 6.09 Å². The van der Waals surface area contributed by atoms with Crippen LogP contribution in [0.5, 0.6) is 0 Å². The highest BCUT2D eigenvalue weighted by Gasteiger charge is 1.69. The van der Waals surface area contributed by atoms with Crippen molar-refractivity contribution in [3.8, 4) is 6.07 Å². The van der Waals surface area contributed by atoms with Crippen molar-refractivity contribution in [3.05, 3.63) is 0 Å². The number of hydrogen-bond donors (Lipinski definition) is 2. The van der Waals surface area contributed by atoms with Crippen LogP contribution < -0.4 is 16.2 Å². The lowest BCUT2D eigenvalue weighted by molar-refractivity contribution is -0.365. The smallest absolute Gasteiger partial charge is 0.134 e. The Balaban J connectivity index is 0. The SMILES string of the molecule is CCNC(=O)[O-].N#CCC[NH3+]. The first kappa shape index (κ1) is 12.4. The van der Waals surface area contributed by atoms with E-state index >= 15 is 0 Å². The summed E-state index contributed by atoms with van der Waals surface area (Å²) < 4.78 is 0. The van der Waals surface area contributed by atoms with Gasteiger partial charge in [0.25, 0.3) is 0 Å². The maximum Gasteiger partial charge on any atom is 0.134 e. The van der Waals surface area contributed by atoms with Crippen LogP contribution >= 0.6 is 0 Å². The number of amides is 1. The van der Waals surface area contributed by atoms with Gasteiger partial charge in [-0.1, -0.05) is 0 Å². The highest BCUT2D eigenvalue weighted by molar-refractivity contribution is 5.61. The van der Waals surface area contributed by atoms with Crippen molar-refractivity contribution in [2.45, 2.75) is 13.3 Å². The first-order valence-electron chi connectivity index (χ1n) is 3.30. The molecule has 0 radical (unpaired) electrons. The second-order valence-electron chi connectivity index (χ2n) is 1.58. The summed E-state index contributed by atoms with van der Waals surface area (Å²) in [5.74, 6) is 0. The summed E-state index contributed by atoms with van der Waals surface area (Å²) in [6, 6.07) is 1.95. The molecule has 0 heterocycles. The van der Waals surface area contributed by atoms with Gasteiger partial charge in [-0.2, -0.15) is 5.26 Å². The Morgan fingerprint density at radius 2 is 2.36 bits per heavy atom. The van der Waals surface area contributed by atoms with Crippen LogP contribution in [-0.2, 0) is 0 Å². The monoisotopic (exact) mass is 159 g/mol. The van der Waals surface area contributed by atoms with Crippen molar-refractivity contribution in [3.63, 3.8) is 0 Å². The fourth-order valence-corrected chi connectivity index (χ4v) is 0.223. The lowest BCUT2D eigenvalue weighted by atomic mass is 10.5. The standard InChI is InChI=1S/C3H6N2.C3H7NO2/c4-2-1-3-5;1-2-4-3(5)6/h1-2,4H2;4H,2H2,1H3,(H,5,6). The Labute approximate surface area is 65.8 Å². The zero-order valence-corrected chi connectivity index (χ0v) is 6.59. The number of carbonyl (C=O) groups excluding carboxylic acids is 1. The molecule has 0 aliphatic heterocycles. The maximum atomic E-state index is 9.38. The summed E-state index contributed by atoms with van der Waals surface area (Å²) in [4.78, 5) is 9.38. The van der Waals surface area contributed by atoms with E-state index in [9.17, 15) is 9.90 Å². The topological polar surface area (TPSA) is 104 Å². The molecule has 0 aromatic rings. The number of carbonyl (C=O) groups is 1. The number of rotatable bonds is 2. The van der Waals surface area contributed by atoms with E-state index in [4.69, 9.17) is 5.26 Å². The normalized spacial score (nSPS) is 7.00. The number of nitrogens with zero attached hydrogens (tertiary/aromatic N) is 1. The fraction of sp³-hybridized carbons (Fsp3) is 0.667. The lowest BCUT2D eigenvalue weighted by Crippen LogP contribution is -2.49. The minimum atomic E-state index is -1.21. The molecule has 11 heavy (non-hydrogen) atoms. The molecule has 0 atom stereocenters. The van der Waals surface area contributed by atoms with Crippen LogP contribution in [0.3, 0.4) is 0 Å². The van der Waals surface area contributed by atoms with Gasteiger partial charge in [-0.25, -0.2) is 0 Å². The maximum absolute atomic E-state index is 9.38. The largest absolute Gasteiger partial charge is 0.530 e. The summed E-state index contributed by atoms with van der Waals surface area (Å²) in [5.41, 5.74) is 3.45. The van der Waals surface area contributed by atoms with Gasteiger partial charge in [-0.15, -0.1) is 0 Å². The van der Waals surface area contributed by atoms with Crippen molar-refractivity contribution in [2.75, 3.05) is 13.1 Å². The third-order valence-corrected chi connectivity index (χ3v) is 0.610. The number of carboxylic acid groups (broad SMARTS) is 1. The van der Waals surface area contributed by atoms with Gasteiger partial charge >= 0.3 is 0 Å². The molecule has 0 aliphatic carbocycles. The van der Waals surface area contributed by atoms with E-state index in [2.05, 4.69) is 5.73 Å². The summed E-state index contributed by atoms with van der Waals surface area (Å²) in [5, 5.41) is 19.2. The molecule has 0 fully saturated rings. The van der Waals surface area contributed by atoms with Crippen LogP contribution in [0.1, 0.15) is 13.3 Å². The number of nitrogens with one attached hydrogen (secondary N) is 1. The fourth-order valence-electron chi connectivity index (χ4n) is 0.223. The third-order valence-electron chi connectivity index (χ3n) is 0.610. The molecule has 5 heteroatoms. The van der Waals surface area contributed by atoms with Crippen molar-refractivity contribution < 1.29 is 15.6 Å². The van der Waals surface area contributed by atoms with Crippen LogP contribution in [0.4, 0.5) is 4.79 Å². The van der Waals surface area contributed by atoms with Crippen LogP contribution in [0, 0.1) is 11.3 Å². The number of hydrogen-bond acceptors (Lipinski definition) is 3. The van der Waals surface area contributed by atoms with Gasteiger partial charge < -0.3 is 21.0 Å². The van der Waals surface area contributed by atoms with Crippen molar-refractivity contribution in [1.82, 2.24) is 5.32 Å². The summed E-state index contributed by atoms with van der Waals surface area (Å²) in [6.07, 6.45) is -0.627. The Kier molecular flexibility index (Phi) is 13.0. The second kappa shape index (κ2) is 11.5. The zero-order valence-electron chi connectivity index (χ0n) is 6.59. The van der Waals surface area contributed by atoms with Gasteiger partial charge in [0.2, 0.25) is 0 Å². The molecule has 0 spiro atoms. The van der Waals surface area contributed by atoms with Crippen LogP contribution in [0.15, 0.2) is 0 Å². The van der Waals surface area contributed by atoms with Crippen LogP contribution in [0.25, 0.3) is 0 Å². The minimum Gasteiger partial charge on any atom is -0.530 e. The van der Waals surface area contributed by atoms with Gasteiger partial charge in [-0.05, 0) is 6.92 Å². The molecule has 0 rings (SSSR count). The Morgan fingerprint density at radius 3 is 2.36 bits per heavy atom. The molecular formula is C6H13N3O2. The Bertz CT molecular complexity index is 130. The van der Waals surface area contributed by atoms with Crippen molar-refractivity contribution in [2.24, 2.45) is 0 Å². The number of nitriles is 1. The van der Waals surface area contributed by atoms with Gasteiger partial charge in [0.05, 0.1) is 19.0 Å². The molecule has 0 saturated carbocycles. The van der Waals surface area contributed by atoms with E-state index in [0.717, 1.165) is 6.54 Å². The highest BCUT2D eigenvalue weighted by Crippen LogP contribution is 1.56.